The molecule has 1 unspecified atom stereocenters. The lowest BCUT2D eigenvalue weighted by Crippen LogP contribution is -2.38. The number of carbonyl (C=O) groups is 2. The van der Waals surface area contributed by atoms with E-state index in [0.717, 1.165) is 43.4 Å². The van der Waals surface area contributed by atoms with Crippen LogP contribution < -0.4 is 10.1 Å². The van der Waals surface area contributed by atoms with Gasteiger partial charge in [0.15, 0.2) is 6.10 Å². The average Bonchev–Trinajstić information content (AvgIpc) is 3.43. The molecular weight excluding hydrogens is 504 g/mol. The predicted molar refractivity (Wildman–Crippen MR) is 157 cm³/mol. The molecule has 0 bridgehead atoms. The Morgan fingerprint density at radius 2 is 1.70 bits per heavy atom. The van der Waals surface area contributed by atoms with Gasteiger partial charge in [0.2, 0.25) is 0 Å². The fourth-order valence-electron chi connectivity index (χ4n) is 5.07. The zero-order chi connectivity index (χ0) is 28.2. The van der Waals surface area contributed by atoms with E-state index < -0.39 is 12.1 Å². The molecule has 4 rings (SSSR count). The number of anilines is 1. The molecule has 3 aromatic rings. The van der Waals surface area contributed by atoms with Crippen LogP contribution in [-0.2, 0) is 35.2 Å². The molecule has 0 heterocycles. The summed E-state index contributed by atoms with van der Waals surface area (Å²) >= 11 is 0. The van der Waals surface area contributed by atoms with Crippen LogP contribution in [0.1, 0.15) is 48.4 Å². The molecule has 0 radical (unpaired) electrons. The molecule has 0 saturated carbocycles. The second-order valence-corrected chi connectivity index (χ2v) is 10.2. The number of aryl methyl sites for hydroxylation is 3. The van der Waals surface area contributed by atoms with E-state index in [1.54, 1.807) is 6.92 Å². The summed E-state index contributed by atoms with van der Waals surface area (Å²) in [5.74, 6) is -0.292. The number of carboxylic acids is 1. The number of aliphatic carboxylic acids is 1. The van der Waals surface area contributed by atoms with Gasteiger partial charge in [-0.1, -0.05) is 48.5 Å². The standard InChI is InChI=1S/C33H40N2O5/c1-2-39-31(32(36)37)23-26-14-18-30(19-15-26)40-22-21-35(20-7-6-11-25-9-4-3-5-10-25)33(38)34-29-17-16-27-12-8-13-28(27)24-29/h3-5,9-10,14-19,24,31H,2,6-8,11-13,20-23H2,1H3,(H,34,38)(H,36,37). The molecule has 0 spiro atoms. The van der Waals surface area contributed by atoms with Crippen molar-refractivity contribution in [2.75, 3.05) is 31.6 Å². The number of benzene rings is 3. The van der Waals surface area contributed by atoms with Crippen LogP contribution in [0.15, 0.2) is 72.8 Å². The molecule has 0 aromatic heterocycles. The second kappa shape index (κ2) is 15.1. The Bertz CT molecular complexity index is 1230. The molecule has 0 aliphatic heterocycles. The van der Waals surface area contributed by atoms with Crippen LogP contribution in [0, 0.1) is 0 Å². The van der Waals surface area contributed by atoms with E-state index in [1.807, 2.05) is 41.3 Å². The van der Waals surface area contributed by atoms with Crippen molar-refractivity contribution in [3.8, 4) is 5.75 Å². The third kappa shape index (κ3) is 8.85. The van der Waals surface area contributed by atoms with Gasteiger partial charge in [0.05, 0.1) is 6.54 Å². The Kier molecular flexibility index (Phi) is 11.0. The number of unbranched alkanes of at least 4 members (excludes halogenated alkanes) is 1. The number of ether oxygens (including phenoxy) is 2. The topological polar surface area (TPSA) is 88.1 Å². The van der Waals surface area contributed by atoms with E-state index in [-0.39, 0.29) is 6.03 Å². The van der Waals surface area contributed by atoms with Gasteiger partial charge in [-0.15, -0.1) is 0 Å². The first-order valence-corrected chi connectivity index (χ1v) is 14.3. The smallest absolute Gasteiger partial charge is 0.333 e. The normalized spacial score (nSPS) is 12.9. The number of hydrogen-bond acceptors (Lipinski definition) is 4. The maximum Gasteiger partial charge on any atom is 0.333 e. The molecule has 7 nitrogen and oxygen atoms in total. The third-order valence-electron chi connectivity index (χ3n) is 7.24. The summed E-state index contributed by atoms with van der Waals surface area (Å²) in [5, 5.41) is 12.4. The van der Waals surface area contributed by atoms with Crippen LogP contribution in [0.5, 0.6) is 5.75 Å². The van der Waals surface area contributed by atoms with E-state index in [0.29, 0.717) is 38.5 Å². The minimum absolute atomic E-state index is 0.118. The number of amides is 2. The van der Waals surface area contributed by atoms with Gasteiger partial charge in [-0.05, 0) is 92.0 Å². The molecule has 40 heavy (non-hydrogen) atoms. The summed E-state index contributed by atoms with van der Waals surface area (Å²) in [5.41, 5.74) is 5.71. The average molecular weight is 545 g/mol. The van der Waals surface area contributed by atoms with Crippen molar-refractivity contribution in [3.05, 3.63) is 95.1 Å². The Morgan fingerprint density at radius 1 is 0.925 bits per heavy atom. The highest BCUT2D eigenvalue weighted by Gasteiger charge is 2.18. The van der Waals surface area contributed by atoms with Crippen molar-refractivity contribution in [1.82, 2.24) is 4.90 Å². The van der Waals surface area contributed by atoms with Gasteiger partial charge in [0.1, 0.15) is 12.4 Å². The molecule has 1 atom stereocenters. The lowest BCUT2D eigenvalue weighted by Gasteiger charge is -2.23. The summed E-state index contributed by atoms with van der Waals surface area (Å²) in [6, 6.07) is 23.9. The molecule has 1 aliphatic carbocycles. The lowest BCUT2D eigenvalue weighted by atomic mass is 10.1. The summed E-state index contributed by atoms with van der Waals surface area (Å²) in [6.45, 7) is 3.58. The maximum atomic E-state index is 13.3. The summed E-state index contributed by atoms with van der Waals surface area (Å²) in [4.78, 5) is 26.5. The molecular formula is C33H40N2O5. The van der Waals surface area contributed by atoms with Crippen molar-refractivity contribution < 1.29 is 24.2 Å². The van der Waals surface area contributed by atoms with Gasteiger partial charge >= 0.3 is 12.0 Å². The van der Waals surface area contributed by atoms with Crippen LogP contribution in [0.3, 0.4) is 0 Å². The van der Waals surface area contributed by atoms with Gasteiger partial charge < -0.3 is 24.8 Å². The van der Waals surface area contributed by atoms with Crippen molar-refractivity contribution in [1.29, 1.82) is 0 Å². The fourth-order valence-corrected chi connectivity index (χ4v) is 5.07. The second-order valence-electron chi connectivity index (χ2n) is 10.2. The van der Waals surface area contributed by atoms with Crippen molar-refractivity contribution in [2.24, 2.45) is 0 Å². The van der Waals surface area contributed by atoms with Crippen LogP contribution in [0.2, 0.25) is 0 Å². The SMILES string of the molecule is CCOC(Cc1ccc(OCCN(CCCCc2ccccc2)C(=O)Nc2ccc3c(c2)CCC3)cc1)C(=O)O. The van der Waals surface area contributed by atoms with Crippen molar-refractivity contribution in [2.45, 2.75) is 58.0 Å². The Balaban J connectivity index is 1.31. The molecule has 2 N–H and O–H groups in total. The molecule has 7 heteroatoms. The third-order valence-corrected chi connectivity index (χ3v) is 7.24. The van der Waals surface area contributed by atoms with Gasteiger partial charge in [-0.3, -0.25) is 0 Å². The minimum atomic E-state index is -0.968. The number of rotatable bonds is 15. The predicted octanol–water partition coefficient (Wildman–Crippen LogP) is 6.14. The van der Waals surface area contributed by atoms with E-state index in [1.165, 1.54) is 23.1 Å². The highest BCUT2D eigenvalue weighted by Crippen LogP contribution is 2.25. The number of nitrogens with zero attached hydrogens (tertiary/aromatic N) is 1. The number of carboxylic acid groups (broad SMARTS) is 1. The zero-order valence-corrected chi connectivity index (χ0v) is 23.3. The zero-order valence-electron chi connectivity index (χ0n) is 23.3. The number of nitrogens with one attached hydrogen (secondary N) is 1. The number of fused-ring (bicyclic) bond motifs is 1. The molecule has 1 aliphatic rings. The molecule has 0 fully saturated rings. The molecule has 212 valence electrons. The number of carbonyl (C=O) groups excluding carboxylic acids is 1. The van der Waals surface area contributed by atoms with Crippen LogP contribution >= 0.6 is 0 Å². The molecule has 2 amide bonds. The Labute approximate surface area is 237 Å². The van der Waals surface area contributed by atoms with Crippen molar-refractivity contribution in [3.63, 3.8) is 0 Å². The quantitative estimate of drug-likeness (QED) is 0.224. The first-order chi connectivity index (χ1) is 19.5. The van der Waals surface area contributed by atoms with E-state index in [4.69, 9.17) is 9.47 Å². The Morgan fingerprint density at radius 3 is 2.45 bits per heavy atom. The largest absolute Gasteiger partial charge is 0.492 e. The van der Waals surface area contributed by atoms with Crippen LogP contribution in [-0.4, -0.2) is 54.4 Å². The summed E-state index contributed by atoms with van der Waals surface area (Å²) in [7, 11) is 0. The molecule has 3 aromatic carbocycles. The van der Waals surface area contributed by atoms with Crippen molar-refractivity contribution >= 4 is 17.7 Å². The number of hydrogen-bond donors (Lipinski definition) is 2. The van der Waals surface area contributed by atoms with Crippen LogP contribution in [0.4, 0.5) is 10.5 Å². The fraction of sp³-hybridized carbons (Fsp3) is 0.394. The summed E-state index contributed by atoms with van der Waals surface area (Å²) < 4.78 is 11.3. The number of urea groups is 1. The van der Waals surface area contributed by atoms with Gasteiger partial charge in [-0.25, -0.2) is 9.59 Å². The first kappa shape index (κ1) is 29.2. The van der Waals surface area contributed by atoms with Gasteiger partial charge in [0.25, 0.3) is 0 Å². The lowest BCUT2D eigenvalue weighted by molar-refractivity contribution is -0.149. The summed E-state index contributed by atoms with van der Waals surface area (Å²) in [6.07, 6.45) is 5.65. The van der Waals surface area contributed by atoms with Crippen LogP contribution in [0.25, 0.3) is 0 Å². The minimum Gasteiger partial charge on any atom is -0.492 e. The molecule has 0 saturated heterocycles. The van der Waals surface area contributed by atoms with E-state index in [2.05, 4.69) is 41.7 Å². The van der Waals surface area contributed by atoms with E-state index >= 15 is 0 Å². The Hall–Kier alpha value is -3.84. The van der Waals surface area contributed by atoms with E-state index in [9.17, 15) is 14.7 Å². The first-order valence-electron chi connectivity index (χ1n) is 14.3. The van der Waals surface area contributed by atoms with Gasteiger partial charge in [0, 0.05) is 25.3 Å². The maximum absolute atomic E-state index is 13.3. The highest BCUT2D eigenvalue weighted by molar-refractivity contribution is 5.89. The highest BCUT2D eigenvalue weighted by atomic mass is 16.5. The monoisotopic (exact) mass is 544 g/mol. The van der Waals surface area contributed by atoms with Gasteiger partial charge in [-0.2, -0.15) is 0 Å².